The average Bonchev–Trinajstić information content (AvgIpc) is 2.30. The van der Waals surface area contributed by atoms with Crippen molar-refractivity contribution in [3.05, 3.63) is 23.8 Å². The van der Waals surface area contributed by atoms with Crippen molar-refractivity contribution in [3.63, 3.8) is 0 Å². The molecule has 0 saturated heterocycles. The van der Waals surface area contributed by atoms with Crippen LogP contribution < -0.4 is 21.7 Å². The molecule has 17 heavy (non-hydrogen) atoms. The first-order valence-corrected chi connectivity index (χ1v) is 5.75. The second kappa shape index (κ2) is 5.98. The number of urea groups is 1. The van der Waals surface area contributed by atoms with E-state index in [0.717, 1.165) is 24.3 Å². The second-order valence-corrected chi connectivity index (χ2v) is 3.77. The van der Waals surface area contributed by atoms with Gasteiger partial charge in [0.25, 0.3) is 0 Å². The maximum atomic E-state index is 10.7. The number of amides is 2. The van der Waals surface area contributed by atoms with Crippen LogP contribution in [0, 0.1) is 0 Å². The monoisotopic (exact) mass is 236 g/mol. The summed E-state index contributed by atoms with van der Waals surface area (Å²) in [5.41, 5.74) is 13.5. The summed E-state index contributed by atoms with van der Waals surface area (Å²) in [5.74, 6) is 0. The van der Waals surface area contributed by atoms with Crippen LogP contribution in [0.1, 0.15) is 19.4 Å². The number of nitrogens with zero attached hydrogens (tertiary/aromatic N) is 1. The highest BCUT2D eigenvalue weighted by Crippen LogP contribution is 2.21. The molecule has 0 unspecified atom stereocenters. The molecule has 1 aromatic rings. The van der Waals surface area contributed by atoms with Crippen molar-refractivity contribution in [2.75, 3.05) is 23.7 Å². The fourth-order valence-electron chi connectivity index (χ4n) is 1.71. The molecule has 0 aliphatic rings. The van der Waals surface area contributed by atoms with Gasteiger partial charge in [-0.15, -0.1) is 0 Å². The molecule has 0 aromatic heterocycles. The lowest BCUT2D eigenvalue weighted by Crippen LogP contribution is -2.29. The topological polar surface area (TPSA) is 84.4 Å². The van der Waals surface area contributed by atoms with Crippen molar-refractivity contribution in [1.29, 1.82) is 0 Å². The summed E-state index contributed by atoms with van der Waals surface area (Å²) in [5, 5.41) is 2.55. The van der Waals surface area contributed by atoms with Gasteiger partial charge in [0.05, 0.1) is 0 Å². The normalized spacial score (nSPS) is 10.0. The summed E-state index contributed by atoms with van der Waals surface area (Å²) in [6.07, 6.45) is 0. The highest BCUT2D eigenvalue weighted by Gasteiger charge is 2.06. The van der Waals surface area contributed by atoms with E-state index in [2.05, 4.69) is 24.1 Å². The third kappa shape index (κ3) is 3.55. The van der Waals surface area contributed by atoms with Crippen LogP contribution in [0.3, 0.4) is 0 Å². The minimum atomic E-state index is -0.544. The summed E-state index contributed by atoms with van der Waals surface area (Å²) in [6, 6.07) is 5.28. The minimum absolute atomic E-state index is 0.357. The van der Waals surface area contributed by atoms with Crippen LogP contribution in [0.15, 0.2) is 18.2 Å². The van der Waals surface area contributed by atoms with Gasteiger partial charge in [-0.3, -0.25) is 0 Å². The van der Waals surface area contributed by atoms with E-state index >= 15 is 0 Å². The van der Waals surface area contributed by atoms with Gasteiger partial charge in [0.15, 0.2) is 0 Å². The number of carbonyl (C=O) groups is 1. The lowest BCUT2D eigenvalue weighted by molar-refractivity contribution is 0.248. The van der Waals surface area contributed by atoms with Crippen molar-refractivity contribution in [3.8, 4) is 0 Å². The van der Waals surface area contributed by atoms with Crippen LogP contribution >= 0.6 is 0 Å². The number of hydrogen-bond acceptors (Lipinski definition) is 3. The van der Waals surface area contributed by atoms with E-state index in [1.807, 2.05) is 18.2 Å². The molecule has 0 aliphatic carbocycles. The number of anilines is 2. The Morgan fingerprint density at radius 2 is 2.00 bits per heavy atom. The molecule has 0 radical (unpaired) electrons. The lowest BCUT2D eigenvalue weighted by atomic mass is 10.1. The second-order valence-electron chi connectivity index (χ2n) is 3.77. The van der Waals surface area contributed by atoms with Crippen molar-refractivity contribution >= 4 is 17.4 Å². The molecule has 94 valence electrons. The standard InChI is InChI=1S/C12H20N4O/c1-3-16(4-2)10-5-6-11(13)9(7-10)8-15-12(14)17/h5-7H,3-4,8,13H2,1-2H3,(H3,14,15,17). The van der Waals surface area contributed by atoms with Gasteiger partial charge in [-0.2, -0.15) is 0 Å². The van der Waals surface area contributed by atoms with Gasteiger partial charge in [-0.05, 0) is 37.6 Å². The molecule has 0 aliphatic heterocycles. The Morgan fingerprint density at radius 1 is 1.35 bits per heavy atom. The molecule has 1 aromatic carbocycles. The molecule has 0 bridgehead atoms. The SMILES string of the molecule is CCN(CC)c1ccc(N)c(CNC(N)=O)c1. The molecule has 1 rings (SSSR count). The summed E-state index contributed by atoms with van der Waals surface area (Å²) < 4.78 is 0. The fourth-order valence-corrected chi connectivity index (χ4v) is 1.71. The van der Waals surface area contributed by atoms with Crippen molar-refractivity contribution in [2.45, 2.75) is 20.4 Å². The van der Waals surface area contributed by atoms with Crippen LogP contribution in [0.4, 0.5) is 16.2 Å². The van der Waals surface area contributed by atoms with Gasteiger partial charge in [0, 0.05) is 31.0 Å². The summed E-state index contributed by atoms with van der Waals surface area (Å²) in [4.78, 5) is 12.9. The van der Waals surface area contributed by atoms with E-state index in [-0.39, 0.29) is 0 Å². The number of rotatable bonds is 5. The highest BCUT2D eigenvalue weighted by molar-refractivity contribution is 5.72. The number of primary amides is 1. The number of nitrogens with two attached hydrogens (primary N) is 2. The average molecular weight is 236 g/mol. The number of carbonyl (C=O) groups excluding carboxylic acids is 1. The zero-order valence-corrected chi connectivity index (χ0v) is 10.4. The Morgan fingerprint density at radius 3 is 2.53 bits per heavy atom. The van der Waals surface area contributed by atoms with E-state index in [9.17, 15) is 4.79 Å². The molecule has 2 amide bonds. The number of nitrogens with one attached hydrogen (secondary N) is 1. The Labute approximate surface area is 102 Å². The molecule has 0 spiro atoms. The maximum Gasteiger partial charge on any atom is 0.312 e. The van der Waals surface area contributed by atoms with E-state index < -0.39 is 6.03 Å². The highest BCUT2D eigenvalue weighted by atomic mass is 16.2. The minimum Gasteiger partial charge on any atom is -0.398 e. The van der Waals surface area contributed by atoms with E-state index in [1.165, 1.54) is 0 Å². The predicted molar refractivity (Wildman–Crippen MR) is 70.8 cm³/mol. The molecule has 0 fully saturated rings. The Balaban J connectivity index is 2.89. The third-order valence-corrected chi connectivity index (χ3v) is 2.71. The molecular formula is C12H20N4O. The largest absolute Gasteiger partial charge is 0.398 e. The van der Waals surface area contributed by atoms with Gasteiger partial charge < -0.3 is 21.7 Å². The maximum absolute atomic E-state index is 10.7. The Bertz CT molecular complexity index is 388. The van der Waals surface area contributed by atoms with Crippen LogP contribution in [0.25, 0.3) is 0 Å². The van der Waals surface area contributed by atoms with Crippen molar-refractivity contribution in [1.82, 2.24) is 5.32 Å². The Kier molecular flexibility index (Phi) is 4.63. The van der Waals surface area contributed by atoms with Gasteiger partial charge >= 0.3 is 6.03 Å². The fraction of sp³-hybridized carbons (Fsp3) is 0.417. The first kappa shape index (κ1) is 13.2. The van der Waals surface area contributed by atoms with Crippen molar-refractivity contribution in [2.24, 2.45) is 5.73 Å². The quantitative estimate of drug-likeness (QED) is 0.673. The van der Waals surface area contributed by atoms with E-state index in [1.54, 1.807) is 0 Å². The van der Waals surface area contributed by atoms with E-state index in [4.69, 9.17) is 11.5 Å². The van der Waals surface area contributed by atoms with Crippen LogP contribution in [-0.2, 0) is 6.54 Å². The summed E-state index contributed by atoms with van der Waals surface area (Å²) in [6.45, 7) is 6.42. The first-order chi connectivity index (χ1) is 8.08. The number of nitrogen functional groups attached to an aromatic ring is 1. The summed E-state index contributed by atoms with van der Waals surface area (Å²) in [7, 11) is 0. The predicted octanol–water partition coefficient (Wildman–Crippen LogP) is 1.28. The molecule has 5 nitrogen and oxygen atoms in total. The first-order valence-electron chi connectivity index (χ1n) is 5.75. The third-order valence-electron chi connectivity index (χ3n) is 2.71. The van der Waals surface area contributed by atoms with Gasteiger partial charge in [0.1, 0.15) is 0 Å². The molecule has 5 N–H and O–H groups in total. The van der Waals surface area contributed by atoms with Gasteiger partial charge in [-0.1, -0.05) is 0 Å². The van der Waals surface area contributed by atoms with Gasteiger partial charge in [-0.25, -0.2) is 4.79 Å². The van der Waals surface area contributed by atoms with Crippen LogP contribution in [0.5, 0.6) is 0 Å². The van der Waals surface area contributed by atoms with Crippen molar-refractivity contribution < 1.29 is 4.79 Å². The lowest BCUT2D eigenvalue weighted by Gasteiger charge is -2.22. The Hall–Kier alpha value is -1.91. The van der Waals surface area contributed by atoms with E-state index in [0.29, 0.717) is 12.2 Å². The molecule has 0 saturated carbocycles. The van der Waals surface area contributed by atoms with Gasteiger partial charge in [0.2, 0.25) is 0 Å². The molecule has 0 heterocycles. The summed E-state index contributed by atoms with van der Waals surface area (Å²) >= 11 is 0. The molecule has 5 heteroatoms. The number of benzene rings is 1. The number of hydrogen-bond donors (Lipinski definition) is 3. The zero-order valence-electron chi connectivity index (χ0n) is 10.4. The smallest absolute Gasteiger partial charge is 0.312 e. The van der Waals surface area contributed by atoms with Crippen LogP contribution in [0.2, 0.25) is 0 Å². The molecule has 0 atom stereocenters. The molecular weight excluding hydrogens is 216 g/mol. The van der Waals surface area contributed by atoms with Crippen LogP contribution in [-0.4, -0.2) is 19.1 Å². The zero-order chi connectivity index (χ0) is 12.8.